The van der Waals surface area contributed by atoms with E-state index in [-0.39, 0.29) is 36.6 Å². The molecule has 0 aromatic heterocycles. The van der Waals surface area contributed by atoms with E-state index < -0.39 is 136 Å². The number of Topliss-reactive ketones (excluding diaryl/α,β-unsaturated/α-hetero) is 2. The van der Waals surface area contributed by atoms with Gasteiger partial charge in [0.05, 0.1) is 69.1 Å². The van der Waals surface area contributed by atoms with E-state index in [1.165, 1.54) is 33.9 Å². The lowest BCUT2D eigenvalue weighted by Gasteiger charge is -2.49. The van der Waals surface area contributed by atoms with Gasteiger partial charge in [-0.1, -0.05) is 61.4 Å². The summed E-state index contributed by atoms with van der Waals surface area (Å²) >= 11 is 0. The second-order valence-corrected chi connectivity index (χ2v) is 23.7. The number of carbonyl (C=O) groups is 4. The van der Waals surface area contributed by atoms with Gasteiger partial charge in [-0.2, -0.15) is 0 Å². The normalized spacial score (nSPS) is 39.4. The van der Waals surface area contributed by atoms with E-state index in [1.54, 1.807) is 80.9 Å². The van der Waals surface area contributed by atoms with Gasteiger partial charge in [-0.3, -0.25) is 24.5 Å². The standard InChI is InChI=1S/C50H82N4O16S2/c1-16-33-40(57)39(56)28(4)41(68-38-23-49(10,65-15)44(59)31(7)67-38)29(5)45(48(9,61)22-26(2)24-53(14)30(6)43(58)50(33,11)62)70-47-42(36(52(12)13)21-27(3)66-47)69-46(60)34(51-32(8)55)25-71-72-37-20-18-17-19-35(37)54(63)64/h17-20,26-31,33-34,36,38,41-45,47,58-59,61-62H,16,21-25H2,1-15H3,(H,51,55)/t26-,27-,28+,29+,30-,31+,33+,34+,36+,38+,41-,42-,43-,44+,45-,47+,48-,49-,50+/m1/s1. The summed E-state index contributed by atoms with van der Waals surface area (Å²) in [5, 5.41) is 62.2. The highest BCUT2D eigenvalue weighted by Crippen LogP contribution is 2.42. The Labute approximate surface area is 432 Å². The number of hydrogen-bond acceptors (Lipinski definition) is 20. The van der Waals surface area contributed by atoms with Gasteiger partial charge in [0.2, 0.25) is 17.5 Å². The van der Waals surface area contributed by atoms with Gasteiger partial charge >= 0.3 is 5.97 Å². The summed E-state index contributed by atoms with van der Waals surface area (Å²) in [5.41, 5.74) is -5.12. The molecule has 22 heteroatoms. The maximum atomic E-state index is 14.8. The van der Waals surface area contributed by atoms with E-state index in [1.807, 2.05) is 23.6 Å². The van der Waals surface area contributed by atoms with E-state index in [0.29, 0.717) is 17.9 Å². The Morgan fingerprint density at radius 3 is 2.21 bits per heavy atom. The zero-order valence-electron chi connectivity index (χ0n) is 44.6. The highest BCUT2D eigenvalue weighted by atomic mass is 33.1. The maximum absolute atomic E-state index is 14.8. The molecule has 0 unspecified atom stereocenters. The van der Waals surface area contributed by atoms with Crippen LogP contribution in [0.25, 0.3) is 0 Å². The molecule has 410 valence electrons. The van der Waals surface area contributed by atoms with Crippen molar-refractivity contribution in [2.45, 2.75) is 197 Å². The summed E-state index contributed by atoms with van der Waals surface area (Å²) in [6, 6.07) is 3.67. The third kappa shape index (κ3) is 14.8. The lowest BCUT2D eigenvalue weighted by Crippen LogP contribution is -2.61. The number of nitrogens with one attached hydrogen (secondary N) is 1. The average molecular weight is 1060 g/mol. The van der Waals surface area contributed by atoms with Crippen molar-refractivity contribution >= 4 is 50.7 Å². The lowest BCUT2D eigenvalue weighted by atomic mass is 9.73. The highest BCUT2D eigenvalue weighted by Gasteiger charge is 2.54. The van der Waals surface area contributed by atoms with Crippen molar-refractivity contribution in [3.8, 4) is 0 Å². The van der Waals surface area contributed by atoms with Gasteiger partial charge in [0.1, 0.15) is 12.1 Å². The Hall–Kier alpha value is -2.84. The minimum absolute atomic E-state index is 0.00493. The Morgan fingerprint density at radius 1 is 0.986 bits per heavy atom. The summed E-state index contributed by atoms with van der Waals surface area (Å²) in [7, 11) is 8.99. The molecule has 0 bridgehead atoms. The topological polar surface area (TPSA) is 266 Å². The van der Waals surface area contributed by atoms with Crippen LogP contribution in [-0.4, -0.2) is 189 Å². The molecule has 5 N–H and O–H groups in total. The van der Waals surface area contributed by atoms with Gasteiger partial charge in [-0.05, 0) is 93.9 Å². The van der Waals surface area contributed by atoms with Crippen molar-refractivity contribution in [3.63, 3.8) is 0 Å². The molecular weight excluding hydrogens is 977 g/mol. The summed E-state index contributed by atoms with van der Waals surface area (Å²) in [4.78, 5) is 71.5. The third-order valence-electron chi connectivity index (χ3n) is 15.0. The fourth-order valence-corrected chi connectivity index (χ4v) is 13.1. The maximum Gasteiger partial charge on any atom is 0.330 e. The first kappa shape index (κ1) is 61.7. The van der Waals surface area contributed by atoms with Gasteiger partial charge < -0.3 is 64.0 Å². The number of carbonyl (C=O) groups excluding carboxylic acids is 4. The van der Waals surface area contributed by atoms with E-state index in [9.17, 15) is 49.7 Å². The number of nitro benzene ring substituents is 1. The zero-order chi connectivity index (χ0) is 54.4. The van der Waals surface area contributed by atoms with E-state index in [4.69, 9.17) is 28.4 Å². The first-order valence-electron chi connectivity index (χ1n) is 24.8. The van der Waals surface area contributed by atoms with Crippen LogP contribution >= 0.6 is 21.6 Å². The number of nitro groups is 1. The summed E-state index contributed by atoms with van der Waals surface area (Å²) in [6.07, 6.45) is -9.70. The number of benzene rings is 1. The van der Waals surface area contributed by atoms with Crippen LogP contribution in [0.15, 0.2) is 29.2 Å². The number of likely N-dealkylation sites (N-methyl/N-ethyl adjacent to an activating group) is 2. The fourth-order valence-electron chi connectivity index (χ4n) is 10.7. The zero-order valence-corrected chi connectivity index (χ0v) is 46.3. The van der Waals surface area contributed by atoms with E-state index >= 15 is 0 Å². The van der Waals surface area contributed by atoms with Crippen LogP contribution in [0, 0.1) is 33.8 Å². The van der Waals surface area contributed by atoms with E-state index in [2.05, 4.69) is 5.32 Å². The molecule has 1 aromatic carbocycles. The molecule has 0 aliphatic carbocycles. The molecule has 0 spiro atoms. The molecule has 3 heterocycles. The second-order valence-electron chi connectivity index (χ2n) is 21.3. The number of ether oxygens (including phenoxy) is 6. The summed E-state index contributed by atoms with van der Waals surface area (Å²) in [6.45, 7) is 18.2. The van der Waals surface area contributed by atoms with Crippen molar-refractivity contribution in [3.05, 3.63) is 34.4 Å². The number of esters is 1. The molecule has 3 aliphatic rings. The Bertz CT molecular complexity index is 2020. The van der Waals surface area contributed by atoms with Gasteiger partial charge in [-0.25, -0.2) is 4.79 Å². The molecule has 4 rings (SSSR count). The van der Waals surface area contributed by atoms with Gasteiger partial charge in [-0.15, -0.1) is 0 Å². The number of aliphatic hydroxyl groups is 4. The number of amides is 1. The number of nitrogens with zero attached hydrogens (tertiary/aromatic N) is 3. The minimum Gasteiger partial charge on any atom is -0.454 e. The number of ketones is 2. The van der Waals surface area contributed by atoms with Crippen LogP contribution < -0.4 is 5.32 Å². The van der Waals surface area contributed by atoms with Gasteiger partial charge in [0, 0.05) is 56.7 Å². The Balaban J connectivity index is 1.86. The number of aliphatic hydroxyl groups excluding tert-OH is 2. The fraction of sp³-hybridized carbons (Fsp3) is 0.800. The second kappa shape index (κ2) is 25.8. The van der Waals surface area contributed by atoms with Crippen molar-refractivity contribution in [1.82, 2.24) is 15.1 Å². The summed E-state index contributed by atoms with van der Waals surface area (Å²) in [5.74, 6) is -7.19. The molecular formula is C50H82N4O16S2. The first-order chi connectivity index (χ1) is 33.4. The molecule has 1 amide bonds. The van der Waals surface area contributed by atoms with Gasteiger partial charge in [0.15, 0.2) is 18.7 Å². The third-order valence-corrected chi connectivity index (χ3v) is 17.4. The Kier molecular flexibility index (Phi) is 22.1. The lowest BCUT2D eigenvalue weighted by molar-refractivity contribution is -0.387. The van der Waals surface area contributed by atoms with Crippen molar-refractivity contribution in [1.29, 1.82) is 0 Å². The number of rotatable bonds is 15. The van der Waals surface area contributed by atoms with Crippen molar-refractivity contribution in [2.24, 2.45) is 23.7 Å². The molecule has 0 saturated carbocycles. The van der Waals surface area contributed by atoms with Gasteiger partial charge in [0.25, 0.3) is 5.69 Å². The molecule has 3 saturated heterocycles. The molecule has 3 fully saturated rings. The molecule has 19 atom stereocenters. The van der Waals surface area contributed by atoms with Crippen molar-refractivity contribution < 1.29 is 72.9 Å². The number of hydrogen-bond donors (Lipinski definition) is 5. The smallest absolute Gasteiger partial charge is 0.330 e. The minimum atomic E-state index is -2.04. The SMILES string of the molecule is CC[C@H]1C(=O)C(=O)[C@H](C)[C@@H](O[C@H]2C[C@@](C)(OC)[C@@H](O)[C@H](C)O2)[C@H](C)[C@@H](O[C@@H]2O[C@H](C)C[C@H](N(C)C)[C@H]2OC(=O)[C@H](CSSc2ccccc2[N+](=O)[O-])NC(C)=O)[C@](C)(O)C[C@@H](C)CN(C)[C@H](C)[C@@H](O)[C@@]1(C)O. The van der Waals surface area contributed by atoms with E-state index in [0.717, 1.165) is 21.6 Å². The average Bonchev–Trinajstić information content (AvgIpc) is 3.29. The quantitative estimate of drug-likeness (QED) is 0.0543. The van der Waals surface area contributed by atoms with Crippen LogP contribution in [0.5, 0.6) is 0 Å². The number of methoxy groups -OCH3 is 1. The summed E-state index contributed by atoms with van der Waals surface area (Å²) < 4.78 is 38.7. The Morgan fingerprint density at radius 2 is 1.62 bits per heavy atom. The molecule has 3 aliphatic heterocycles. The first-order valence-corrected chi connectivity index (χ1v) is 27.2. The molecule has 72 heavy (non-hydrogen) atoms. The molecule has 20 nitrogen and oxygen atoms in total. The van der Waals surface area contributed by atoms with Crippen LogP contribution in [0.3, 0.4) is 0 Å². The monoisotopic (exact) mass is 1060 g/mol. The van der Waals surface area contributed by atoms with Crippen molar-refractivity contribution in [2.75, 3.05) is 40.6 Å². The van der Waals surface area contributed by atoms with Crippen LogP contribution in [-0.2, 0) is 47.6 Å². The highest BCUT2D eigenvalue weighted by molar-refractivity contribution is 8.76. The predicted molar refractivity (Wildman–Crippen MR) is 271 cm³/mol. The van der Waals surface area contributed by atoms with Crippen LogP contribution in [0.1, 0.15) is 102 Å². The molecule has 1 aromatic rings. The van der Waals surface area contributed by atoms with Crippen LogP contribution in [0.2, 0.25) is 0 Å². The predicted octanol–water partition coefficient (Wildman–Crippen LogP) is 4.15. The van der Waals surface area contributed by atoms with Crippen LogP contribution in [0.4, 0.5) is 5.69 Å². The number of para-hydroxylation sites is 1. The largest absolute Gasteiger partial charge is 0.454 e. The molecule has 0 radical (unpaired) electrons.